The first-order chi connectivity index (χ1) is 17.5. The summed E-state index contributed by atoms with van der Waals surface area (Å²) in [5.74, 6) is -4.88. The van der Waals surface area contributed by atoms with E-state index in [1.54, 1.807) is 0 Å². The Morgan fingerprint density at radius 3 is 2.24 bits per heavy atom. The molecular weight excluding hydrogens is 545 g/mol. The summed E-state index contributed by atoms with van der Waals surface area (Å²) < 4.78 is 91.0. The maximum Gasteiger partial charge on any atom is 0.466 e. The molecule has 16 heteroatoms. The number of hydrogen-bond acceptors (Lipinski definition) is 4. The summed E-state index contributed by atoms with van der Waals surface area (Å²) in [5.41, 5.74) is 6.62. The van der Waals surface area contributed by atoms with Gasteiger partial charge in [0.1, 0.15) is 5.82 Å². The first-order valence-corrected chi connectivity index (χ1v) is 13.2. The average molecular weight is 572 g/mol. The number of halogens is 6. The largest absolute Gasteiger partial charge is 0.466 e. The van der Waals surface area contributed by atoms with Crippen molar-refractivity contribution in [3.05, 3.63) is 52.4 Å². The third kappa shape index (κ3) is 7.79. The Kier molecular flexibility index (Phi) is 9.30. The summed E-state index contributed by atoms with van der Waals surface area (Å²) in [4.78, 5) is 39.8. The van der Waals surface area contributed by atoms with E-state index >= 15 is 0 Å². The molecule has 0 bridgehead atoms. The number of nitrogens with two attached hydrogens (primary N) is 1. The third-order valence-corrected chi connectivity index (χ3v) is 6.39. The fourth-order valence-electron chi connectivity index (χ4n) is 4.78. The van der Waals surface area contributed by atoms with Crippen molar-refractivity contribution in [2.45, 2.75) is 69.8 Å². The lowest BCUT2D eigenvalue weighted by Crippen LogP contribution is -2.42. The molecule has 1 fully saturated rings. The third-order valence-electron chi connectivity index (χ3n) is 6.39. The lowest BCUT2D eigenvalue weighted by molar-refractivity contribution is -0.148. The highest BCUT2D eigenvalue weighted by Crippen LogP contribution is 2.40. The Morgan fingerprint density at radius 1 is 1.08 bits per heavy atom. The summed E-state index contributed by atoms with van der Waals surface area (Å²) in [6.07, 6.45) is -1.61. The molecule has 0 spiro atoms. The maximum absolute atomic E-state index is 13.9. The molecule has 1 saturated carbocycles. The molecule has 1 amide bonds. The second-order valence-electron chi connectivity index (χ2n) is 9.25. The minimum absolute atomic E-state index is 0.0139. The molecule has 1 aromatic heterocycles. The van der Waals surface area contributed by atoms with E-state index < -0.39 is 49.2 Å². The first kappa shape index (κ1) is 30.1. The standard InChI is InChI=1S/C22H24F6N4O.H3O4P/c23-15-10-17(25)16(24)8-13(15)7-14(29)9-19(33)31-5-6-32-18(11-31)20(12-3-1-2-4-12)30-21(32)22(26,27)28;1-5(2,3)4/h8,10,12,14H,1-7,9,11,29H2;(H3,1,2,3,4)/t14-;/m1./s1. The maximum atomic E-state index is 13.9. The summed E-state index contributed by atoms with van der Waals surface area (Å²) in [5, 5.41) is 0. The zero-order valence-corrected chi connectivity index (χ0v) is 20.9. The topological polar surface area (TPSA) is 142 Å². The van der Waals surface area contributed by atoms with Crippen LogP contribution in [0.1, 0.15) is 60.8 Å². The van der Waals surface area contributed by atoms with Gasteiger partial charge in [-0.05, 0) is 30.9 Å². The number of carbonyl (C=O) groups is 1. The van der Waals surface area contributed by atoms with E-state index in [1.165, 1.54) is 4.90 Å². The van der Waals surface area contributed by atoms with Crippen LogP contribution in [0.4, 0.5) is 26.3 Å². The van der Waals surface area contributed by atoms with Gasteiger partial charge in [0.2, 0.25) is 11.7 Å². The van der Waals surface area contributed by atoms with E-state index in [1.807, 2.05) is 0 Å². The van der Waals surface area contributed by atoms with Crippen molar-refractivity contribution in [2.75, 3.05) is 6.54 Å². The molecular formula is C22H27F6N4O5P. The van der Waals surface area contributed by atoms with Crippen molar-refractivity contribution in [2.24, 2.45) is 5.73 Å². The van der Waals surface area contributed by atoms with Crippen LogP contribution in [0.15, 0.2) is 12.1 Å². The summed E-state index contributed by atoms with van der Waals surface area (Å²) in [7, 11) is -4.64. The number of alkyl halides is 3. The number of fused-ring (bicyclic) bond motifs is 1. The van der Waals surface area contributed by atoms with Crippen LogP contribution in [0.3, 0.4) is 0 Å². The number of hydrogen-bond donors (Lipinski definition) is 4. The van der Waals surface area contributed by atoms with Crippen LogP contribution in [-0.4, -0.2) is 47.6 Å². The molecule has 9 nitrogen and oxygen atoms in total. The fourth-order valence-corrected chi connectivity index (χ4v) is 4.78. The van der Waals surface area contributed by atoms with Gasteiger partial charge in [-0.3, -0.25) is 4.79 Å². The molecule has 1 aliphatic heterocycles. The molecule has 1 aliphatic carbocycles. The summed E-state index contributed by atoms with van der Waals surface area (Å²) in [6, 6.07) is 0.262. The zero-order valence-electron chi connectivity index (χ0n) is 20.0. The number of nitrogens with zero attached hydrogens (tertiary/aromatic N) is 3. The van der Waals surface area contributed by atoms with E-state index in [0.717, 1.165) is 30.3 Å². The Hall–Kier alpha value is -2.45. The van der Waals surface area contributed by atoms with Crippen molar-refractivity contribution in [3.63, 3.8) is 0 Å². The molecule has 1 aromatic carbocycles. The van der Waals surface area contributed by atoms with Crippen molar-refractivity contribution in [3.8, 4) is 0 Å². The Balaban J connectivity index is 0.000000732. The van der Waals surface area contributed by atoms with Gasteiger partial charge in [-0.25, -0.2) is 22.7 Å². The number of rotatable bonds is 5. The molecule has 212 valence electrons. The van der Waals surface area contributed by atoms with Gasteiger partial charge < -0.3 is 29.9 Å². The highest BCUT2D eigenvalue weighted by molar-refractivity contribution is 7.45. The predicted octanol–water partition coefficient (Wildman–Crippen LogP) is 3.35. The molecule has 1 atom stereocenters. The van der Waals surface area contributed by atoms with Gasteiger partial charge in [0.05, 0.1) is 17.9 Å². The van der Waals surface area contributed by atoms with Gasteiger partial charge in [0, 0.05) is 37.5 Å². The zero-order chi connectivity index (χ0) is 28.4. The number of benzene rings is 1. The Labute approximate surface area is 213 Å². The van der Waals surface area contributed by atoms with Crippen LogP contribution in [0, 0.1) is 17.5 Å². The van der Waals surface area contributed by atoms with Crippen LogP contribution in [-0.2, 0) is 35.0 Å². The van der Waals surface area contributed by atoms with E-state index in [9.17, 15) is 31.1 Å². The quantitative estimate of drug-likeness (QED) is 0.245. The molecule has 0 unspecified atom stereocenters. The lowest BCUT2D eigenvalue weighted by Gasteiger charge is -2.31. The summed E-state index contributed by atoms with van der Waals surface area (Å²) in [6.45, 7) is 0.00428. The van der Waals surface area contributed by atoms with Crippen LogP contribution in [0.25, 0.3) is 0 Å². The van der Waals surface area contributed by atoms with Crippen molar-refractivity contribution < 1.29 is 50.4 Å². The van der Waals surface area contributed by atoms with Gasteiger partial charge >= 0.3 is 14.0 Å². The fraction of sp³-hybridized carbons (Fsp3) is 0.545. The van der Waals surface area contributed by atoms with Gasteiger partial charge in [0.25, 0.3) is 0 Å². The number of aromatic nitrogens is 2. The highest BCUT2D eigenvalue weighted by Gasteiger charge is 2.42. The Bertz CT molecular complexity index is 1200. The molecule has 5 N–H and O–H groups in total. The molecule has 0 radical (unpaired) electrons. The van der Waals surface area contributed by atoms with Crippen LogP contribution in [0.2, 0.25) is 0 Å². The molecule has 2 heterocycles. The van der Waals surface area contributed by atoms with E-state index in [0.29, 0.717) is 23.5 Å². The van der Waals surface area contributed by atoms with Crippen molar-refractivity contribution >= 4 is 13.7 Å². The second-order valence-corrected chi connectivity index (χ2v) is 10.3. The van der Waals surface area contributed by atoms with Gasteiger partial charge in [0.15, 0.2) is 11.6 Å². The smallest absolute Gasteiger partial charge is 0.335 e. The molecule has 2 aliphatic rings. The number of carbonyl (C=O) groups excluding carboxylic acids is 1. The molecule has 0 saturated heterocycles. The monoisotopic (exact) mass is 572 g/mol. The lowest BCUT2D eigenvalue weighted by atomic mass is 10.0. The molecule has 4 rings (SSSR count). The van der Waals surface area contributed by atoms with Gasteiger partial charge in [-0.1, -0.05) is 12.8 Å². The van der Waals surface area contributed by atoms with Gasteiger partial charge in [-0.15, -0.1) is 0 Å². The van der Waals surface area contributed by atoms with Crippen molar-refractivity contribution in [1.82, 2.24) is 14.5 Å². The average Bonchev–Trinajstić information content (AvgIpc) is 3.43. The minimum atomic E-state index is -4.64. The number of imidazole rings is 1. The van der Waals surface area contributed by atoms with Crippen LogP contribution >= 0.6 is 7.82 Å². The first-order valence-electron chi connectivity index (χ1n) is 11.7. The predicted molar refractivity (Wildman–Crippen MR) is 121 cm³/mol. The SMILES string of the molecule is N[C@@H](CC(=O)N1CCn2c(C(F)(F)F)nc(C3CCCC3)c2C1)Cc1cc(F)c(F)cc1F.O=P(O)(O)O. The van der Waals surface area contributed by atoms with Crippen LogP contribution < -0.4 is 5.73 Å². The van der Waals surface area contributed by atoms with Crippen LogP contribution in [0.5, 0.6) is 0 Å². The van der Waals surface area contributed by atoms with Crippen molar-refractivity contribution in [1.29, 1.82) is 0 Å². The van der Waals surface area contributed by atoms with Gasteiger partial charge in [-0.2, -0.15) is 13.2 Å². The van der Waals surface area contributed by atoms with E-state index in [2.05, 4.69) is 4.98 Å². The minimum Gasteiger partial charge on any atom is -0.335 e. The summed E-state index contributed by atoms with van der Waals surface area (Å²) >= 11 is 0. The van der Waals surface area contributed by atoms with E-state index in [4.69, 9.17) is 25.0 Å². The second kappa shape index (κ2) is 11.7. The molecule has 2 aromatic rings. The number of amides is 1. The normalized spacial score (nSPS) is 17.2. The Morgan fingerprint density at radius 2 is 1.66 bits per heavy atom. The molecule has 38 heavy (non-hydrogen) atoms. The van der Waals surface area contributed by atoms with E-state index in [-0.39, 0.29) is 44.0 Å². The highest BCUT2D eigenvalue weighted by atomic mass is 31.2. The number of phosphoric acid groups is 1.